The van der Waals surface area contributed by atoms with Gasteiger partial charge in [0.05, 0.1) is 13.7 Å². The van der Waals surface area contributed by atoms with Crippen molar-refractivity contribution in [2.24, 2.45) is 5.92 Å². The van der Waals surface area contributed by atoms with E-state index in [-0.39, 0.29) is 5.91 Å². The van der Waals surface area contributed by atoms with Crippen molar-refractivity contribution in [2.45, 2.75) is 33.9 Å². The van der Waals surface area contributed by atoms with Crippen molar-refractivity contribution in [1.29, 1.82) is 0 Å². The van der Waals surface area contributed by atoms with Gasteiger partial charge >= 0.3 is 0 Å². The van der Waals surface area contributed by atoms with Crippen molar-refractivity contribution in [3.05, 3.63) is 64.7 Å². The number of carbonyl (C=O) groups is 1. The molecule has 0 atom stereocenters. The molecule has 0 unspecified atom stereocenters. The molecule has 0 heterocycles. The van der Waals surface area contributed by atoms with Gasteiger partial charge in [0.1, 0.15) is 5.75 Å². The van der Waals surface area contributed by atoms with Gasteiger partial charge in [-0.05, 0) is 36.6 Å². The highest BCUT2D eigenvalue weighted by Gasteiger charge is 2.11. The highest BCUT2D eigenvalue weighted by atomic mass is 16.5. The van der Waals surface area contributed by atoms with Crippen LogP contribution in [0.1, 0.15) is 40.9 Å². The maximum atomic E-state index is 12.4. The van der Waals surface area contributed by atoms with Crippen LogP contribution in [-0.2, 0) is 17.9 Å². The lowest BCUT2D eigenvalue weighted by Crippen LogP contribution is -2.23. The number of hydrogen-bond acceptors (Lipinski definition) is 3. The Morgan fingerprint density at radius 3 is 2.48 bits per heavy atom. The monoisotopic (exact) mass is 341 g/mol. The zero-order valence-corrected chi connectivity index (χ0v) is 15.5. The number of methoxy groups -OCH3 is 1. The average Bonchev–Trinajstić information content (AvgIpc) is 2.60. The van der Waals surface area contributed by atoms with E-state index in [4.69, 9.17) is 9.47 Å². The van der Waals surface area contributed by atoms with Gasteiger partial charge in [-0.2, -0.15) is 0 Å². The van der Waals surface area contributed by atoms with Crippen molar-refractivity contribution in [1.82, 2.24) is 5.32 Å². The lowest BCUT2D eigenvalue weighted by Gasteiger charge is -2.13. The van der Waals surface area contributed by atoms with Crippen LogP contribution in [0.3, 0.4) is 0 Å². The fourth-order valence-electron chi connectivity index (χ4n) is 2.43. The van der Waals surface area contributed by atoms with Gasteiger partial charge in [-0.15, -0.1) is 0 Å². The summed E-state index contributed by atoms with van der Waals surface area (Å²) in [6.07, 6.45) is 0. The fourth-order valence-corrected chi connectivity index (χ4v) is 2.43. The zero-order chi connectivity index (χ0) is 18.2. The molecule has 2 aromatic carbocycles. The maximum absolute atomic E-state index is 12.4. The van der Waals surface area contributed by atoms with Crippen LogP contribution in [0.25, 0.3) is 0 Å². The molecule has 0 aromatic heterocycles. The summed E-state index contributed by atoms with van der Waals surface area (Å²) < 4.78 is 11.1. The molecule has 0 bridgehead atoms. The molecule has 1 N–H and O–H groups in total. The number of benzene rings is 2. The Balaban J connectivity index is 2.01. The smallest absolute Gasteiger partial charge is 0.251 e. The standard InChI is InChI=1S/C21H27NO3/c1-15(2)13-25-14-19-11-18(9-10-20(19)24-4)21(23)22-12-17-7-5-16(3)6-8-17/h5-11,15H,12-14H2,1-4H3,(H,22,23). The van der Waals surface area contributed by atoms with E-state index in [0.717, 1.165) is 16.9 Å². The number of ether oxygens (including phenoxy) is 2. The van der Waals surface area contributed by atoms with E-state index in [9.17, 15) is 4.79 Å². The average molecular weight is 341 g/mol. The molecule has 2 rings (SSSR count). The van der Waals surface area contributed by atoms with Crippen molar-refractivity contribution >= 4 is 5.91 Å². The predicted octanol–water partition coefficient (Wildman–Crippen LogP) is 4.11. The summed E-state index contributed by atoms with van der Waals surface area (Å²) in [5.74, 6) is 1.10. The van der Waals surface area contributed by atoms with Gasteiger partial charge in [0.2, 0.25) is 0 Å². The summed E-state index contributed by atoms with van der Waals surface area (Å²) in [5, 5.41) is 2.95. The van der Waals surface area contributed by atoms with E-state index >= 15 is 0 Å². The van der Waals surface area contributed by atoms with Crippen molar-refractivity contribution in [3.8, 4) is 5.75 Å². The predicted molar refractivity (Wildman–Crippen MR) is 99.8 cm³/mol. The minimum Gasteiger partial charge on any atom is -0.496 e. The highest BCUT2D eigenvalue weighted by Crippen LogP contribution is 2.21. The lowest BCUT2D eigenvalue weighted by atomic mass is 10.1. The summed E-state index contributed by atoms with van der Waals surface area (Å²) in [6.45, 7) is 7.86. The SMILES string of the molecule is COc1ccc(C(=O)NCc2ccc(C)cc2)cc1COCC(C)C. The Morgan fingerprint density at radius 1 is 1.12 bits per heavy atom. The first-order valence-electron chi connectivity index (χ1n) is 8.58. The molecule has 0 aliphatic heterocycles. The molecule has 0 saturated heterocycles. The van der Waals surface area contributed by atoms with Crippen LogP contribution < -0.4 is 10.1 Å². The summed E-state index contributed by atoms with van der Waals surface area (Å²) in [4.78, 5) is 12.4. The summed E-state index contributed by atoms with van der Waals surface area (Å²) in [6, 6.07) is 13.6. The molecule has 0 aliphatic rings. The maximum Gasteiger partial charge on any atom is 0.251 e. The molecule has 0 aliphatic carbocycles. The van der Waals surface area contributed by atoms with Gasteiger partial charge in [-0.1, -0.05) is 43.7 Å². The van der Waals surface area contributed by atoms with E-state index < -0.39 is 0 Å². The lowest BCUT2D eigenvalue weighted by molar-refractivity contribution is 0.0937. The van der Waals surface area contributed by atoms with Gasteiger partial charge in [0.25, 0.3) is 5.91 Å². The van der Waals surface area contributed by atoms with E-state index in [1.165, 1.54) is 5.56 Å². The second-order valence-electron chi connectivity index (χ2n) is 6.60. The van der Waals surface area contributed by atoms with Gasteiger partial charge in [-0.3, -0.25) is 4.79 Å². The second-order valence-corrected chi connectivity index (χ2v) is 6.60. The molecule has 2 aromatic rings. The molecular formula is C21H27NO3. The quantitative estimate of drug-likeness (QED) is 0.786. The first-order chi connectivity index (χ1) is 12.0. The van der Waals surface area contributed by atoms with Gasteiger partial charge in [0.15, 0.2) is 0 Å². The van der Waals surface area contributed by atoms with E-state index in [2.05, 4.69) is 19.2 Å². The Bertz CT molecular complexity index is 693. The molecule has 0 spiro atoms. The number of amides is 1. The van der Waals surface area contributed by atoms with Crippen LogP contribution in [0.4, 0.5) is 0 Å². The zero-order valence-electron chi connectivity index (χ0n) is 15.5. The number of rotatable bonds is 8. The minimum atomic E-state index is -0.103. The van der Waals surface area contributed by atoms with Crippen LogP contribution in [0.15, 0.2) is 42.5 Å². The van der Waals surface area contributed by atoms with E-state index in [1.807, 2.05) is 43.3 Å². The third-order valence-electron chi connectivity index (χ3n) is 3.83. The molecule has 25 heavy (non-hydrogen) atoms. The highest BCUT2D eigenvalue weighted by molar-refractivity contribution is 5.94. The van der Waals surface area contributed by atoms with Gasteiger partial charge < -0.3 is 14.8 Å². The molecular weight excluding hydrogens is 314 g/mol. The molecule has 4 heteroatoms. The molecule has 0 saturated carbocycles. The summed E-state index contributed by atoms with van der Waals surface area (Å²) in [5.41, 5.74) is 3.77. The summed E-state index contributed by atoms with van der Waals surface area (Å²) >= 11 is 0. The van der Waals surface area contributed by atoms with Gasteiger partial charge in [-0.25, -0.2) is 0 Å². The number of hydrogen-bond donors (Lipinski definition) is 1. The Labute approximate surface area is 150 Å². The Hall–Kier alpha value is -2.33. The van der Waals surface area contributed by atoms with Crippen molar-refractivity contribution < 1.29 is 14.3 Å². The van der Waals surface area contributed by atoms with E-state index in [0.29, 0.717) is 31.2 Å². The van der Waals surface area contributed by atoms with Crippen molar-refractivity contribution in [3.63, 3.8) is 0 Å². The first kappa shape index (κ1) is 19.0. The largest absolute Gasteiger partial charge is 0.496 e. The minimum absolute atomic E-state index is 0.103. The third-order valence-corrected chi connectivity index (χ3v) is 3.83. The van der Waals surface area contributed by atoms with Crippen LogP contribution >= 0.6 is 0 Å². The van der Waals surface area contributed by atoms with Crippen LogP contribution in [0.5, 0.6) is 5.75 Å². The molecule has 0 radical (unpaired) electrons. The second kappa shape index (κ2) is 9.23. The topological polar surface area (TPSA) is 47.6 Å². The Morgan fingerprint density at radius 2 is 1.84 bits per heavy atom. The van der Waals surface area contributed by atoms with E-state index in [1.54, 1.807) is 13.2 Å². The molecule has 134 valence electrons. The Kier molecular flexibility index (Phi) is 7.02. The van der Waals surface area contributed by atoms with Crippen LogP contribution in [-0.4, -0.2) is 19.6 Å². The third kappa shape index (κ3) is 5.91. The normalized spacial score (nSPS) is 10.8. The summed E-state index contributed by atoms with van der Waals surface area (Å²) in [7, 11) is 1.62. The molecule has 1 amide bonds. The number of nitrogens with one attached hydrogen (secondary N) is 1. The molecule has 0 fully saturated rings. The first-order valence-corrected chi connectivity index (χ1v) is 8.58. The van der Waals surface area contributed by atoms with Crippen LogP contribution in [0, 0.1) is 12.8 Å². The fraction of sp³-hybridized carbons (Fsp3) is 0.381. The van der Waals surface area contributed by atoms with Crippen molar-refractivity contribution in [2.75, 3.05) is 13.7 Å². The van der Waals surface area contributed by atoms with Gasteiger partial charge in [0, 0.05) is 24.3 Å². The number of carbonyl (C=O) groups excluding carboxylic acids is 1. The van der Waals surface area contributed by atoms with Crippen LogP contribution in [0.2, 0.25) is 0 Å². The number of aryl methyl sites for hydroxylation is 1. The molecule has 4 nitrogen and oxygen atoms in total.